The van der Waals surface area contributed by atoms with Gasteiger partial charge >= 0.3 is 0 Å². The molecule has 3 heterocycles. The predicted octanol–water partition coefficient (Wildman–Crippen LogP) is 9.09. The molecule has 1 unspecified atom stereocenters. The molecule has 0 spiro atoms. The Bertz CT molecular complexity index is 2440. The summed E-state index contributed by atoms with van der Waals surface area (Å²) in [5, 5.41) is 5.76. The molecule has 8 aromatic rings. The van der Waals surface area contributed by atoms with Gasteiger partial charge in [-0.2, -0.15) is 0 Å². The molecule has 218 valence electrons. The van der Waals surface area contributed by atoms with E-state index in [1.54, 1.807) is 0 Å². The van der Waals surface area contributed by atoms with Crippen LogP contribution >= 0.6 is 0 Å². The van der Waals surface area contributed by atoms with Gasteiger partial charge in [-0.3, -0.25) is 0 Å². The highest BCUT2D eigenvalue weighted by Crippen LogP contribution is 2.38. The lowest BCUT2D eigenvalue weighted by Crippen LogP contribution is -2.33. The fourth-order valence-corrected chi connectivity index (χ4v) is 6.33. The topological polar surface area (TPSA) is 67.7 Å². The average molecular weight is 594 g/mol. The van der Waals surface area contributed by atoms with Crippen LogP contribution in [0.4, 0.5) is 0 Å². The molecule has 0 amide bonds. The fourth-order valence-electron chi connectivity index (χ4n) is 6.33. The number of nitrogens with zero attached hydrogens (tertiary/aromatic N) is 4. The molecule has 6 nitrogen and oxygen atoms in total. The molecule has 1 aliphatic rings. The van der Waals surface area contributed by atoms with Crippen LogP contribution in [0.3, 0.4) is 0 Å². The maximum Gasteiger partial charge on any atom is 0.227 e. The van der Waals surface area contributed by atoms with E-state index in [1.807, 2.05) is 72.8 Å². The van der Waals surface area contributed by atoms with E-state index in [2.05, 4.69) is 88.7 Å². The summed E-state index contributed by atoms with van der Waals surface area (Å²) in [6.07, 6.45) is -0.264. The first-order valence-electron chi connectivity index (χ1n) is 15.3. The van der Waals surface area contributed by atoms with Gasteiger partial charge in [-0.1, -0.05) is 109 Å². The first kappa shape index (κ1) is 26.2. The second-order valence-electron chi connectivity index (χ2n) is 11.3. The predicted molar refractivity (Wildman–Crippen MR) is 186 cm³/mol. The summed E-state index contributed by atoms with van der Waals surface area (Å²) in [6.45, 7) is 0. The van der Waals surface area contributed by atoms with Crippen molar-refractivity contribution < 1.29 is 4.42 Å². The molecule has 2 aromatic heterocycles. The van der Waals surface area contributed by atoms with Crippen molar-refractivity contribution in [2.24, 2.45) is 9.98 Å². The highest BCUT2D eigenvalue weighted by molar-refractivity contribution is 6.19. The maximum atomic E-state index is 6.48. The van der Waals surface area contributed by atoms with Crippen molar-refractivity contribution in [1.82, 2.24) is 14.9 Å². The van der Waals surface area contributed by atoms with Crippen LogP contribution in [-0.4, -0.2) is 21.2 Å². The first-order valence-corrected chi connectivity index (χ1v) is 15.3. The number of rotatable bonds is 5. The molecule has 0 saturated heterocycles. The quantitative estimate of drug-likeness (QED) is 0.216. The van der Waals surface area contributed by atoms with E-state index >= 15 is 0 Å². The van der Waals surface area contributed by atoms with Crippen LogP contribution in [0, 0.1) is 0 Å². The maximum absolute atomic E-state index is 6.48. The second kappa shape index (κ2) is 10.7. The lowest BCUT2D eigenvalue weighted by atomic mass is 10.1. The summed E-state index contributed by atoms with van der Waals surface area (Å²) in [5.41, 5.74) is 8.77. The van der Waals surface area contributed by atoms with E-state index in [1.165, 1.54) is 0 Å². The number of hydrogen-bond donors (Lipinski definition) is 1. The standard InChI is InChI=1S/C40H27N5O/c1-4-13-26(14-5-1)37-42-38(27-15-6-2-7-16-27)44-39(43-37)29-19-12-20-30(25-29)45-33-22-11-10-21-31(33)35-34(45)24-23-32-36(35)46-40(41-32)28-17-8-3-9-18-28/h1-25,37H,(H,42,43,44). The largest absolute Gasteiger partial charge is 0.435 e. The molecular formula is C40H27N5O. The highest BCUT2D eigenvalue weighted by Gasteiger charge is 2.23. The number of aromatic nitrogens is 2. The van der Waals surface area contributed by atoms with E-state index in [9.17, 15) is 0 Å². The van der Waals surface area contributed by atoms with Gasteiger partial charge in [-0.15, -0.1) is 0 Å². The van der Waals surface area contributed by atoms with Crippen molar-refractivity contribution in [2.75, 3.05) is 0 Å². The Morgan fingerprint density at radius 1 is 0.609 bits per heavy atom. The van der Waals surface area contributed by atoms with Crippen molar-refractivity contribution in [3.05, 3.63) is 168 Å². The number of fused-ring (bicyclic) bond motifs is 5. The minimum atomic E-state index is -0.264. The zero-order chi connectivity index (χ0) is 30.5. The van der Waals surface area contributed by atoms with Crippen molar-refractivity contribution in [3.63, 3.8) is 0 Å². The van der Waals surface area contributed by atoms with Crippen LogP contribution in [-0.2, 0) is 0 Å². The highest BCUT2D eigenvalue weighted by atomic mass is 16.3. The SMILES string of the molecule is c1ccc(C2=NC(c3ccccc3)NC(c3cccc(-n4c5ccccc5c5c6oc(-c7ccccc7)nc6ccc54)c3)=N2)cc1. The van der Waals surface area contributed by atoms with E-state index in [4.69, 9.17) is 19.4 Å². The second-order valence-corrected chi connectivity index (χ2v) is 11.3. The Labute approximate surface area is 265 Å². The zero-order valence-corrected chi connectivity index (χ0v) is 24.7. The van der Waals surface area contributed by atoms with Gasteiger partial charge in [0.25, 0.3) is 0 Å². The van der Waals surface area contributed by atoms with Gasteiger partial charge in [0.2, 0.25) is 5.89 Å². The molecule has 0 aliphatic carbocycles. The molecule has 9 rings (SSSR count). The van der Waals surface area contributed by atoms with Gasteiger partial charge in [0.05, 0.1) is 16.4 Å². The number of nitrogens with one attached hydrogen (secondary N) is 1. The summed E-state index contributed by atoms with van der Waals surface area (Å²) in [6, 6.07) is 51.6. The lowest BCUT2D eigenvalue weighted by molar-refractivity contribution is 0.623. The third-order valence-corrected chi connectivity index (χ3v) is 8.48. The smallest absolute Gasteiger partial charge is 0.227 e. The van der Waals surface area contributed by atoms with Gasteiger partial charge in [0, 0.05) is 27.8 Å². The Morgan fingerprint density at radius 3 is 2.11 bits per heavy atom. The number of amidine groups is 2. The van der Waals surface area contributed by atoms with Crippen molar-refractivity contribution in [3.8, 4) is 17.1 Å². The summed E-state index contributed by atoms with van der Waals surface area (Å²) in [7, 11) is 0. The summed E-state index contributed by atoms with van der Waals surface area (Å²) >= 11 is 0. The minimum Gasteiger partial charge on any atom is -0.435 e. The average Bonchev–Trinajstić information content (AvgIpc) is 3.72. The van der Waals surface area contributed by atoms with Crippen LogP contribution in [0.5, 0.6) is 0 Å². The molecular weight excluding hydrogens is 566 g/mol. The molecule has 1 aliphatic heterocycles. The number of oxazole rings is 1. The molecule has 0 bridgehead atoms. The van der Waals surface area contributed by atoms with E-state index in [0.29, 0.717) is 11.7 Å². The molecule has 0 fully saturated rings. The van der Waals surface area contributed by atoms with Crippen molar-refractivity contribution >= 4 is 44.6 Å². The fraction of sp³-hybridized carbons (Fsp3) is 0.0250. The van der Waals surface area contributed by atoms with E-state index < -0.39 is 0 Å². The van der Waals surface area contributed by atoms with Crippen LogP contribution in [0.15, 0.2) is 166 Å². The van der Waals surface area contributed by atoms with E-state index in [0.717, 1.165) is 66.7 Å². The Morgan fingerprint density at radius 2 is 1.30 bits per heavy atom. The Hall–Kier alpha value is -6.27. The van der Waals surface area contributed by atoms with Crippen molar-refractivity contribution in [2.45, 2.75) is 6.17 Å². The van der Waals surface area contributed by atoms with Crippen LogP contribution in [0.25, 0.3) is 50.0 Å². The molecule has 0 radical (unpaired) electrons. The number of hydrogen-bond acceptors (Lipinski definition) is 5. The monoisotopic (exact) mass is 593 g/mol. The Balaban J connectivity index is 1.20. The molecule has 6 heteroatoms. The third kappa shape index (κ3) is 4.39. The number of aliphatic imine (C=N–C) groups is 2. The van der Waals surface area contributed by atoms with Crippen LogP contribution in [0.2, 0.25) is 0 Å². The van der Waals surface area contributed by atoms with Crippen molar-refractivity contribution in [1.29, 1.82) is 0 Å². The minimum absolute atomic E-state index is 0.264. The van der Waals surface area contributed by atoms with Gasteiger partial charge in [0.15, 0.2) is 11.4 Å². The molecule has 1 N–H and O–H groups in total. The normalized spacial score (nSPS) is 14.7. The number of para-hydroxylation sites is 1. The summed E-state index contributed by atoms with van der Waals surface area (Å²) in [5.74, 6) is 2.09. The summed E-state index contributed by atoms with van der Waals surface area (Å²) in [4.78, 5) is 14.9. The first-order chi connectivity index (χ1) is 22.8. The molecule has 1 atom stereocenters. The van der Waals surface area contributed by atoms with E-state index in [-0.39, 0.29) is 6.17 Å². The van der Waals surface area contributed by atoms with Crippen LogP contribution < -0.4 is 5.32 Å². The van der Waals surface area contributed by atoms with Gasteiger partial charge < -0.3 is 14.3 Å². The van der Waals surface area contributed by atoms with Gasteiger partial charge in [0.1, 0.15) is 17.5 Å². The number of benzene rings is 6. The summed E-state index contributed by atoms with van der Waals surface area (Å²) < 4.78 is 8.78. The molecule has 0 saturated carbocycles. The third-order valence-electron chi connectivity index (χ3n) is 8.48. The van der Waals surface area contributed by atoms with Gasteiger partial charge in [-0.05, 0) is 48.0 Å². The van der Waals surface area contributed by atoms with Gasteiger partial charge in [-0.25, -0.2) is 15.0 Å². The lowest BCUT2D eigenvalue weighted by Gasteiger charge is -2.24. The van der Waals surface area contributed by atoms with Crippen LogP contribution in [0.1, 0.15) is 22.9 Å². The molecule has 46 heavy (non-hydrogen) atoms. The Kier molecular flexibility index (Phi) is 6.09. The molecule has 6 aromatic carbocycles. The zero-order valence-electron chi connectivity index (χ0n) is 24.7.